The van der Waals surface area contributed by atoms with Gasteiger partial charge in [-0.25, -0.2) is 4.98 Å². The molecule has 3 rings (SSSR count). The Hall–Kier alpha value is -2.29. The number of aromatic nitrogens is 1. The topological polar surface area (TPSA) is 69.0 Å². The average Bonchev–Trinajstić information content (AvgIpc) is 2.63. The van der Waals surface area contributed by atoms with Crippen molar-refractivity contribution in [1.82, 2.24) is 4.98 Å². The summed E-state index contributed by atoms with van der Waals surface area (Å²) in [6, 6.07) is 10.9. The molecule has 1 aliphatic rings. The van der Waals surface area contributed by atoms with Crippen LogP contribution in [-0.4, -0.2) is 24.0 Å². The van der Waals surface area contributed by atoms with Gasteiger partial charge in [0.15, 0.2) is 0 Å². The molecule has 0 unspecified atom stereocenters. The molecule has 2 aromatic rings. The van der Waals surface area contributed by atoms with E-state index in [0.29, 0.717) is 21.4 Å². The number of hydrogen-bond acceptors (Lipinski definition) is 4. The maximum Gasteiger partial charge on any atom is 0.228 e. The van der Waals surface area contributed by atoms with Crippen molar-refractivity contribution >= 4 is 40.6 Å². The third-order valence-corrected chi connectivity index (χ3v) is 4.82. The van der Waals surface area contributed by atoms with Crippen LogP contribution in [0.25, 0.3) is 0 Å². The fraction of sp³-hybridized carbons (Fsp3) is 0.278. The fourth-order valence-corrected chi connectivity index (χ4v) is 3.20. The number of nitriles is 1. The van der Waals surface area contributed by atoms with Gasteiger partial charge in [-0.05, 0) is 43.2 Å². The van der Waals surface area contributed by atoms with Gasteiger partial charge in [0.2, 0.25) is 5.91 Å². The van der Waals surface area contributed by atoms with Crippen LogP contribution in [0.5, 0.6) is 0 Å². The Morgan fingerprint density at radius 3 is 2.60 bits per heavy atom. The van der Waals surface area contributed by atoms with Gasteiger partial charge in [0.1, 0.15) is 11.9 Å². The van der Waals surface area contributed by atoms with Gasteiger partial charge in [-0.3, -0.25) is 4.79 Å². The third kappa shape index (κ3) is 4.22. The first-order valence-electron chi connectivity index (χ1n) is 7.94. The van der Waals surface area contributed by atoms with Gasteiger partial charge < -0.3 is 10.2 Å². The predicted molar refractivity (Wildman–Crippen MR) is 99.0 cm³/mol. The van der Waals surface area contributed by atoms with Crippen LogP contribution in [0, 0.1) is 17.2 Å². The second-order valence-corrected chi connectivity index (χ2v) is 6.73. The Labute approximate surface area is 156 Å². The predicted octanol–water partition coefficient (Wildman–Crippen LogP) is 4.12. The van der Waals surface area contributed by atoms with E-state index in [0.717, 1.165) is 31.6 Å². The molecule has 25 heavy (non-hydrogen) atoms. The van der Waals surface area contributed by atoms with Crippen LogP contribution in [0.4, 0.5) is 11.5 Å². The molecule has 1 N–H and O–H groups in total. The van der Waals surface area contributed by atoms with E-state index < -0.39 is 0 Å². The Balaban J connectivity index is 1.58. The molecule has 2 heterocycles. The van der Waals surface area contributed by atoms with Crippen molar-refractivity contribution in [3.63, 3.8) is 0 Å². The van der Waals surface area contributed by atoms with Crippen molar-refractivity contribution in [2.75, 3.05) is 23.3 Å². The summed E-state index contributed by atoms with van der Waals surface area (Å²) in [6.45, 7) is 1.52. The number of nitrogens with one attached hydrogen (secondary N) is 1. The maximum atomic E-state index is 12.4. The molecule has 128 valence electrons. The molecular formula is C18H16Cl2N4O. The summed E-state index contributed by atoms with van der Waals surface area (Å²) in [5, 5.41) is 12.8. The molecule has 0 aliphatic carbocycles. The second kappa shape index (κ2) is 7.73. The van der Waals surface area contributed by atoms with Crippen LogP contribution in [0.2, 0.25) is 10.0 Å². The summed E-state index contributed by atoms with van der Waals surface area (Å²) in [4.78, 5) is 18.6. The van der Waals surface area contributed by atoms with E-state index >= 15 is 0 Å². The summed E-state index contributed by atoms with van der Waals surface area (Å²) in [7, 11) is 0. The van der Waals surface area contributed by atoms with Gasteiger partial charge >= 0.3 is 0 Å². The highest BCUT2D eigenvalue weighted by Crippen LogP contribution is 2.28. The number of benzene rings is 1. The van der Waals surface area contributed by atoms with Crippen LogP contribution in [0.1, 0.15) is 18.4 Å². The lowest BCUT2D eigenvalue weighted by Crippen LogP contribution is -2.38. The highest BCUT2D eigenvalue weighted by molar-refractivity contribution is 6.32. The van der Waals surface area contributed by atoms with E-state index in [4.69, 9.17) is 28.5 Å². The van der Waals surface area contributed by atoms with E-state index in [-0.39, 0.29) is 11.8 Å². The highest BCUT2D eigenvalue weighted by atomic mass is 35.5. The quantitative estimate of drug-likeness (QED) is 0.877. The van der Waals surface area contributed by atoms with E-state index in [2.05, 4.69) is 21.3 Å². The van der Waals surface area contributed by atoms with Crippen LogP contribution in [-0.2, 0) is 4.79 Å². The van der Waals surface area contributed by atoms with Crippen molar-refractivity contribution in [3.8, 4) is 6.07 Å². The Morgan fingerprint density at radius 2 is 2.00 bits per heavy atom. The molecule has 1 aromatic carbocycles. The number of piperidine rings is 1. The zero-order valence-corrected chi connectivity index (χ0v) is 14.9. The molecule has 0 spiro atoms. The van der Waals surface area contributed by atoms with Crippen molar-refractivity contribution in [2.45, 2.75) is 12.8 Å². The number of anilines is 2. The number of pyridine rings is 1. The van der Waals surface area contributed by atoms with Crippen LogP contribution in [0.15, 0.2) is 36.5 Å². The van der Waals surface area contributed by atoms with Gasteiger partial charge in [0.05, 0.1) is 15.6 Å². The largest absolute Gasteiger partial charge is 0.371 e. The molecule has 1 fully saturated rings. The summed E-state index contributed by atoms with van der Waals surface area (Å²) in [5.74, 6) is 0.436. The molecule has 7 heteroatoms. The van der Waals surface area contributed by atoms with E-state index in [1.54, 1.807) is 24.3 Å². The highest BCUT2D eigenvalue weighted by Gasteiger charge is 2.25. The zero-order valence-electron chi connectivity index (χ0n) is 13.4. The molecule has 0 atom stereocenters. The molecule has 0 bridgehead atoms. The molecule has 1 saturated heterocycles. The third-order valence-electron chi connectivity index (χ3n) is 4.28. The SMILES string of the molecule is N#Cc1ccc(N2CCC(C(=O)Nc3ccc(Cl)cn3)CC2)cc1Cl. The van der Waals surface area contributed by atoms with Crippen LogP contribution in [0.3, 0.4) is 0 Å². The number of carbonyl (C=O) groups excluding carboxylic acids is 1. The van der Waals surface area contributed by atoms with Gasteiger partial charge in [-0.1, -0.05) is 23.2 Å². The summed E-state index contributed by atoms with van der Waals surface area (Å²) < 4.78 is 0. The first kappa shape index (κ1) is 17.5. The van der Waals surface area contributed by atoms with Gasteiger partial charge in [-0.2, -0.15) is 5.26 Å². The second-order valence-electron chi connectivity index (χ2n) is 5.89. The lowest BCUT2D eigenvalue weighted by Gasteiger charge is -2.33. The Morgan fingerprint density at radius 1 is 1.24 bits per heavy atom. The minimum Gasteiger partial charge on any atom is -0.371 e. The van der Waals surface area contributed by atoms with Crippen LogP contribution < -0.4 is 10.2 Å². The lowest BCUT2D eigenvalue weighted by molar-refractivity contribution is -0.120. The lowest BCUT2D eigenvalue weighted by atomic mass is 9.95. The first-order valence-corrected chi connectivity index (χ1v) is 8.69. The molecule has 5 nitrogen and oxygen atoms in total. The first-order chi connectivity index (χ1) is 12.1. The molecule has 1 aliphatic heterocycles. The molecule has 1 aromatic heterocycles. The molecule has 1 amide bonds. The monoisotopic (exact) mass is 374 g/mol. The summed E-state index contributed by atoms with van der Waals surface area (Å²) in [6.07, 6.45) is 3.00. The zero-order chi connectivity index (χ0) is 17.8. The van der Waals surface area contributed by atoms with Crippen molar-refractivity contribution in [1.29, 1.82) is 5.26 Å². The summed E-state index contributed by atoms with van der Waals surface area (Å²) in [5.41, 5.74) is 1.44. The molecule has 0 saturated carbocycles. The fourth-order valence-electron chi connectivity index (χ4n) is 2.87. The molecule has 0 radical (unpaired) electrons. The molecular weight excluding hydrogens is 359 g/mol. The van der Waals surface area contributed by atoms with Gasteiger partial charge in [0.25, 0.3) is 0 Å². The minimum absolute atomic E-state index is 0.0210. The van der Waals surface area contributed by atoms with Gasteiger partial charge in [0, 0.05) is 30.9 Å². The minimum atomic E-state index is -0.0532. The average molecular weight is 375 g/mol. The van der Waals surface area contributed by atoms with Crippen molar-refractivity contribution in [3.05, 3.63) is 52.1 Å². The smallest absolute Gasteiger partial charge is 0.228 e. The normalized spacial score (nSPS) is 14.8. The number of rotatable bonds is 3. The van der Waals surface area contributed by atoms with Crippen molar-refractivity contribution < 1.29 is 4.79 Å². The summed E-state index contributed by atoms with van der Waals surface area (Å²) >= 11 is 11.9. The maximum absolute atomic E-state index is 12.4. The van der Waals surface area contributed by atoms with Crippen molar-refractivity contribution in [2.24, 2.45) is 5.92 Å². The van der Waals surface area contributed by atoms with E-state index in [1.807, 2.05) is 6.07 Å². The van der Waals surface area contributed by atoms with Crippen LogP contribution >= 0.6 is 23.2 Å². The Bertz CT molecular complexity index is 809. The standard InChI is InChI=1S/C18H16Cl2N4O/c19-14-2-4-17(22-11-14)23-18(25)12-5-7-24(8-6-12)15-3-1-13(10-21)16(20)9-15/h1-4,9,11-12H,5-8H2,(H,22,23,25). The van der Waals surface area contributed by atoms with E-state index in [1.165, 1.54) is 6.20 Å². The van der Waals surface area contributed by atoms with Gasteiger partial charge in [-0.15, -0.1) is 0 Å². The number of amides is 1. The number of halogens is 2. The number of carbonyl (C=O) groups is 1. The van der Waals surface area contributed by atoms with E-state index in [9.17, 15) is 4.79 Å². The Kier molecular flexibility index (Phi) is 5.42. The number of nitrogens with zero attached hydrogens (tertiary/aromatic N) is 3. The number of hydrogen-bond donors (Lipinski definition) is 1.